The molecule has 1 heterocycles. The first-order chi connectivity index (χ1) is 22.8. The van der Waals surface area contributed by atoms with Gasteiger partial charge in [0.2, 0.25) is 0 Å². The summed E-state index contributed by atoms with van der Waals surface area (Å²) >= 11 is 0. The van der Waals surface area contributed by atoms with Gasteiger partial charge in [-0.25, -0.2) is 0 Å². The minimum atomic E-state index is 1.11. The number of hydrogen-bond acceptors (Lipinski definition) is 1. The van der Waals surface area contributed by atoms with Crippen molar-refractivity contribution in [3.8, 4) is 27.9 Å². The summed E-state index contributed by atoms with van der Waals surface area (Å²) in [6, 6.07) is 63.0. The molecule has 0 fully saturated rings. The van der Waals surface area contributed by atoms with Gasteiger partial charge in [0.1, 0.15) is 0 Å². The minimum absolute atomic E-state index is 1.11. The molecule has 0 saturated heterocycles. The SMILES string of the molecule is C=Cc1ccc(-c2ccc3c(c2)c2cc(N(c4ccccc4)c4ccc(-c5ccccc5)cc4)ccc2n3-c2ccccc2)cc1. The van der Waals surface area contributed by atoms with E-state index in [1.54, 1.807) is 0 Å². The smallest absolute Gasteiger partial charge is 0.0542 e. The molecule has 8 aromatic rings. The Morgan fingerprint density at radius 2 is 0.891 bits per heavy atom. The topological polar surface area (TPSA) is 8.17 Å². The summed E-state index contributed by atoms with van der Waals surface area (Å²) in [5.74, 6) is 0. The number of para-hydroxylation sites is 2. The zero-order valence-corrected chi connectivity index (χ0v) is 25.4. The van der Waals surface area contributed by atoms with Crippen molar-refractivity contribution >= 4 is 44.9 Å². The molecular formula is C44H32N2. The fourth-order valence-corrected chi connectivity index (χ4v) is 6.45. The quantitative estimate of drug-likeness (QED) is 0.180. The van der Waals surface area contributed by atoms with Crippen LogP contribution in [0.3, 0.4) is 0 Å². The molecule has 218 valence electrons. The predicted molar refractivity (Wildman–Crippen MR) is 196 cm³/mol. The first kappa shape index (κ1) is 27.4. The molecule has 0 spiro atoms. The van der Waals surface area contributed by atoms with Crippen LogP contribution in [0.5, 0.6) is 0 Å². The van der Waals surface area contributed by atoms with E-state index in [-0.39, 0.29) is 0 Å². The number of anilines is 3. The molecule has 2 nitrogen and oxygen atoms in total. The molecule has 8 rings (SSSR count). The molecule has 0 atom stereocenters. The van der Waals surface area contributed by atoms with Gasteiger partial charge in [0.25, 0.3) is 0 Å². The van der Waals surface area contributed by atoms with Crippen molar-refractivity contribution in [1.29, 1.82) is 0 Å². The van der Waals surface area contributed by atoms with Crippen LogP contribution in [-0.4, -0.2) is 4.57 Å². The molecule has 2 heteroatoms. The molecule has 0 aliphatic rings. The Labute approximate surface area is 269 Å². The highest BCUT2D eigenvalue weighted by Crippen LogP contribution is 2.41. The molecule has 0 aliphatic carbocycles. The van der Waals surface area contributed by atoms with Crippen LogP contribution in [0, 0.1) is 0 Å². The summed E-state index contributed by atoms with van der Waals surface area (Å²) in [5, 5.41) is 2.43. The normalized spacial score (nSPS) is 11.1. The van der Waals surface area contributed by atoms with Crippen molar-refractivity contribution in [3.05, 3.63) is 188 Å². The lowest BCUT2D eigenvalue weighted by atomic mass is 10.0. The average Bonchev–Trinajstić information content (AvgIpc) is 3.46. The molecule has 0 bridgehead atoms. The van der Waals surface area contributed by atoms with E-state index in [1.165, 1.54) is 44.1 Å². The van der Waals surface area contributed by atoms with Crippen LogP contribution in [0.4, 0.5) is 17.1 Å². The first-order valence-electron chi connectivity index (χ1n) is 15.6. The molecule has 7 aromatic carbocycles. The number of nitrogens with zero attached hydrogens (tertiary/aromatic N) is 2. The Bertz CT molecular complexity index is 2280. The zero-order chi connectivity index (χ0) is 30.9. The van der Waals surface area contributed by atoms with Gasteiger partial charge in [0.05, 0.1) is 11.0 Å². The third kappa shape index (κ3) is 4.96. The van der Waals surface area contributed by atoms with Gasteiger partial charge in [-0.05, 0) is 94.5 Å². The van der Waals surface area contributed by atoms with Crippen molar-refractivity contribution in [2.75, 3.05) is 4.90 Å². The van der Waals surface area contributed by atoms with E-state index in [4.69, 9.17) is 0 Å². The van der Waals surface area contributed by atoms with Crippen molar-refractivity contribution in [2.24, 2.45) is 0 Å². The van der Waals surface area contributed by atoms with Gasteiger partial charge < -0.3 is 9.47 Å². The van der Waals surface area contributed by atoms with Gasteiger partial charge in [0.15, 0.2) is 0 Å². The second-order valence-electron chi connectivity index (χ2n) is 11.5. The van der Waals surface area contributed by atoms with E-state index >= 15 is 0 Å². The van der Waals surface area contributed by atoms with E-state index in [2.05, 4.69) is 192 Å². The molecule has 46 heavy (non-hydrogen) atoms. The second kappa shape index (κ2) is 11.8. The van der Waals surface area contributed by atoms with Gasteiger partial charge in [-0.1, -0.05) is 122 Å². The zero-order valence-electron chi connectivity index (χ0n) is 25.4. The number of aromatic nitrogens is 1. The van der Waals surface area contributed by atoms with E-state index in [0.717, 1.165) is 28.3 Å². The fourth-order valence-electron chi connectivity index (χ4n) is 6.45. The Kier molecular flexibility index (Phi) is 7.01. The maximum absolute atomic E-state index is 3.92. The molecule has 0 amide bonds. The van der Waals surface area contributed by atoms with E-state index < -0.39 is 0 Å². The van der Waals surface area contributed by atoms with E-state index in [1.807, 2.05) is 6.08 Å². The highest BCUT2D eigenvalue weighted by Gasteiger charge is 2.18. The Morgan fingerprint density at radius 3 is 1.57 bits per heavy atom. The summed E-state index contributed by atoms with van der Waals surface area (Å²) in [6.45, 7) is 3.92. The van der Waals surface area contributed by atoms with E-state index in [9.17, 15) is 0 Å². The van der Waals surface area contributed by atoms with Gasteiger partial charge in [-0.3, -0.25) is 0 Å². The highest BCUT2D eigenvalue weighted by molar-refractivity contribution is 6.12. The first-order valence-corrected chi connectivity index (χ1v) is 15.6. The highest BCUT2D eigenvalue weighted by atomic mass is 15.1. The number of rotatable bonds is 7. The van der Waals surface area contributed by atoms with Crippen LogP contribution in [0.1, 0.15) is 5.56 Å². The standard InChI is InChI=1S/C44H32N2/c1-2-32-18-20-35(21-19-32)36-24-28-43-41(30-36)42-31-40(27-29-44(42)46(43)38-16-10-5-11-17-38)45(37-14-8-4-9-15-37)39-25-22-34(23-26-39)33-12-6-3-7-13-33/h2-31H,1H2. The largest absolute Gasteiger partial charge is 0.310 e. The maximum atomic E-state index is 3.92. The Balaban J connectivity index is 1.32. The van der Waals surface area contributed by atoms with Gasteiger partial charge in [-0.15, -0.1) is 0 Å². The van der Waals surface area contributed by atoms with Crippen LogP contribution >= 0.6 is 0 Å². The van der Waals surface area contributed by atoms with Gasteiger partial charge in [-0.2, -0.15) is 0 Å². The van der Waals surface area contributed by atoms with Crippen LogP contribution in [0.2, 0.25) is 0 Å². The molecule has 1 aromatic heterocycles. The molecule has 0 radical (unpaired) electrons. The van der Waals surface area contributed by atoms with Crippen LogP contribution in [-0.2, 0) is 0 Å². The monoisotopic (exact) mass is 588 g/mol. The second-order valence-corrected chi connectivity index (χ2v) is 11.5. The lowest BCUT2D eigenvalue weighted by molar-refractivity contribution is 1.18. The minimum Gasteiger partial charge on any atom is -0.310 e. The fraction of sp³-hybridized carbons (Fsp3) is 0. The summed E-state index contributed by atoms with van der Waals surface area (Å²) in [4.78, 5) is 2.35. The van der Waals surface area contributed by atoms with Crippen LogP contribution in [0.15, 0.2) is 183 Å². The lowest BCUT2D eigenvalue weighted by Crippen LogP contribution is -2.09. The van der Waals surface area contributed by atoms with Crippen LogP contribution < -0.4 is 4.90 Å². The number of benzene rings is 7. The Hall–Kier alpha value is -6.12. The molecular weight excluding hydrogens is 556 g/mol. The lowest BCUT2D eigenvalue weighted by Gasteiger charge is -2.26. The van der Waals surface area contributed by atoms with Crippen molar-refractivity contribution in [2.45, 2.75) is 0 Å². The summed E-state index contributed by atoms with van der Waals surface area (Å²) in [7, 11) is 0. The number of hydrogen-bond donors (Lipinski definition) is 0. The van der Waals surface area contributed by atoms with Crippen molar-refractivity contribution in [3.63, 3.8) is 0 Å². The third-order valence-corrected chi connectivity index (χ3v) is 8.75. The summed E-state index contributed by atoms with van der Waals surface area (Å²) in [5.41, 5.74) is 12.8. The predicted octanol–water partition coefficient (Wildman–Crippen LogP) is 12.2. The Morgan fingerprint density at radius 1 is 0.413 bits per heavy atom. The molecule has 0 saturated carbocycles. The van der Waals surface area contributed by atoms with Crippen LogP contribution in [0.25, 0.3) is 55.8 Å². The molecule has 0 N–H and O–H groups in total. The molecule has 0 aliphatic heterocycles. The summed E-state index contributed by atoms with van der Waals surface area (Å²) in [6.07, 6.45) is 1.88. The summed E-state index contributed by atoms with van der Waals surface area (Å²) < 4.78 is 2.38. The van der Waals surface area contributed by atoms with Gasteiger partial charge in [0, 0.05) is 33.5 Å². The maximum Gasteiger partial charge on any atom is 0.0542 e. The number of fused-ring (bicyclic) bond motifs is 3. The molecule has 0 unspecified atom stereocenters. The average molecular weight is 589 g/mol. The van der Waals surface area contributed by atoms with Crippen molar-refractivity contribution < 1.29 is 0 Å². The van der Waals surface area contributed by atoms with Crippen molar-refractivity contribution in [1.82, 2.24) is 4.57 Å². The third-order valence-electron chi connectivity index (χ3n) is 8.75. The van der Waals surface area contributed by atoms with E-state index in [0.29, 0.717) is 0 Å². The van der Waals surface area contributed by atoms with Gasteiger partial charge >= 0.3 is 0 Å².